The van der Waals surface area contributed by atoms with E-state index < -0.39 is 23.9 Å². The van der Waals surface area contributed by atoms with E-state index in [2.05, 4.69) is 10.1 Å². The highest BCUT2D eigenvalue weighted by atomic mass is 16.5. The summed E-state index contributed by atoms with van der Waals surface area (Å²) in [6.45, 7) is 1.10. The number of rotatable bonds is 6. The molecule has 1 aliphatic heterocycles. The number of ether oxygens (including phenoxy) is 2. The van der Waals surface area contributed by atoms with E-state index in [0.29, 0.717) is 5.56 Å². The Labute approximate surface area is 178 Å². The molecule has 1 aromatic heterocycles. The van der Waals surface area contributed by atoms with Gasteiger partial charge in [0, 0.05) is 38.3 Å². The average Bonchev–Trinajstić information content (AvgIpc) is 3.28. The summed E-state index contributed by atoms with van der Waals surface area (Å²) in [5.74, 6) is -1.32. The van der Waals surface area contributed by atoms with Gasteiger partial charge in [-0.15, -0.1) is 0 Å². The molecule has 0 bridgehead atoms. The SMILES string of the molecule is COC(=O)c1ccc(CN2C(=O)N/C(=C\c3ccc(N(C)C)cc3OC(C)=O)C2=O)o1. The van der Waals surface area contributed by atoms with Gasteiger partial charge < -0.3 is 24.1 Å². The van der Waals surface area contributed by atoms with E-state index in [1.165, 1.54) is 32.2 Å². The van der Waals surface area contributed by atoms with Crippen LogP contribution in [0.5, 0.6) is 5.75 Å². The van der Waals surface area contributed by atoms with Gasteiger partial charge in [-0.2, -0.15) is 0 Å². The number of carbonyl (C=O) groups is 4. The fraction of sp³-hybridized carbons (Fsp3) is 0.238. The Hall–Kier alpha value is -4.08. The van der Waals surface area contributed by atoms with Crippen molar-refractivity contribution >= 4 is 35.6 Å². The summed E-state index contributed by atoms with van der Waals surface area (Å²) < 4.78 is 15.1. The molecule has 162 valence electrons. The number of nitrogens with one attached hydrogen (secondary N) is 1. The van der Waals surface area contributed by atoms with Crippen LogP contribution in [-0.2, 0) is 20.9 Å². The number of carbonyl (C=O) groups excluding carboxylic acids is 4. The Morgan fingerprint density at radius 2 is 1.94 bits per heavy atom. The monoisotopic (exact) mass is 427 g/mol. The van der Waals surface area contributed by atoms with Crippen molar-refractivity contribution in [3.8, 4) is 5.75 Å². The molecule has 1 aliphatic rings. The van der Waals surface area contributed by atoms with Crippen LogP contribution in [0.1, 0.15) is 28.8 Å². The Bertz CT molecular complexity index is 1080. The first kappa shape index (κ1) is 21.6. The van der Waals surface area contributed by atoms with Crippen molar-refractivity contribution < 1.29 is 33.1 Å². The number of hydrogen-bond donors (Lipinski definition) is 1. The molecule has 0 atom stereocenters. The number of hydrogen-bond acceptors (Lipinski definition) is 8. The summed E-state index contributed by atoms with van der Waals surface area (Å²) in [4.78, 5) is 50.8. The van der Waals surface area contributed by atoms with Crippen molar-refractivity contribution in [1.29, 1.82) is 0 Å². The topological polar surface area (TPSA) is 118 Å². The van der Waals surface area contributed by atoms with Gasteiger partial charge in [0.05, 0.1) is 13.7 Å². The van der Waals surface area contributed by atoms with E-state index >= 15 is 0 Å². The average molecular weight is 427 g/mol. The maximum Gasteiger partial charge on any atom is 0.373 e. The van der Waals surface area contributed by atoms with Gasteiger partial charge in [-0.3, -0.25) is 14.5 Å². The van der Waals surface area contributed by atoms with Crippen LogP contribution < -0.4 is 15.0 Å². The number of nitrogens with zero attached hydrogens (tertiary/aromatic N) is 2. The lowest BCUT2D eigenvalue weighted by Gasteiger charge is -2.15. The van der Waals surface area contributed by atoms with E-state index in [4.69, 9.17) is 9.15 Å². The number of amides is 3. The zero-order valence-electron chi connectivity index (χ0n) is 17.4. The van der Waals surface area contributed by atoms with Crippen LogP contribution in [0, 0.1) is 0 Å². The molecule has 1 N–H and O–H groups in total. The number of benzene rings is 1. The molecule has 2 aromatic rings. The molecule has 0 unspecified atom stereocenters. The third-order valence-corrected chi connectivity index (χ3v) is 4.39. The molecule has 3 amide bonds. The Kier molecular flexibility index (Phi) is 6.10. The molecule has 0 saturated carbocycles. The van der Waals surface area contributed by atoms with Gasteiger partial charge >= 0.3 is 18.0 Å². The van der Waals surface area contributed by atoms with Crippen molar-refractivity contribution in [2.24, 2.45) is 0 Å². The number of methoxy groups -OCH3 is 1. The van der Waals surface area contributed by atoms with Crippen molar-refractivity contribution in [3.05, 3.63) is 53.1 Å². The first-order valence-corrected chi connectivity index (χ1v) is 9.21. The predicted molar refractivity (Wildman–Crippen MR) is 109 cm³/mol. The lowest BCUT2D eigenvalue weighted by atomic mass is 10.1. The van der Waals surface area contributed by atoms with E-state index in [-0.39, 0.29) is 29.5 Å². The zero-order valence-corrected chi connectivity index (χ0v) is 17.4. The number of imide groups is 1. The number of esters is 2. The van der Waals surface area contributed by atoms with Gasteiger partial charge in [-0.25, -0.2) is 9.59 Å². The quantitative estimate of drug-likeness (QED) is 0.322. The van der Waals surface area contributed by atoms with Crippen molar-refractivity contribution in [2.75, 3.05) is 26.1 Å². The Balaban J connectivity index is 1.85. The van der Waals surface area contributed by atoms with Gasteiger partial charge in [0.25, 0.3) is 5.91 Å². The highest BCUT2D eigenvalue weighted by Crippen LogP contribution is 2.28. The minimum Gasteiger partial charge on any atom is -0.463 e. The Morgan fingerprint density at radius 1 is 1.19 bits per heavy atom. The van der Waals surface area contributed by atoms with E-state index in [1.807, 2.05) is 19.0 Å². The maximum absolute atomic E-state index is 12.8. The third-order valence-electron chi connectivity index (χ3n) is 4.39. The van der Waals surface area contributed by atoms with E-state index in [1.54, 1.807) is 18.2 Å². The minimum atomic E-state index is -0.664. The fourth-order valence-corrected chi connectivity index (χ4v) is 2.86. The minimum absolute atomic E-state index is 0.00996. The molecular formula is C21H21N3O7. The van der Waals surface area contributed by atoms with Crippen molar-refractivity contribution in [1.82, 2.24) is 10.2 Å². The second-order valence-corrected chi connectivity index (χ2v) is 6.85. The molecule has 1 fully saturated rings. The van der Waals surface area contributed by atoms with Crippen LogP contribution in [0.25, 0.3) is 6.08 Å². The fourth-order valence-electron chi connectivity index (χ4n) is 2.86. The molecule has 2 heterocycles. The lowest BCUT2D eigenvalue weighted by Crippen LogP contribution is -2.30. The maximum atomic E-state index is 12.8. The molecule has 10 nitrogen and oxygen atoms in total. The highest BCUT2D eigenvalue weighted by Gasteiger charge is 2.34. The first-order chi connectivity index (χ1) is 14.7. The summed E-state index contributed by atoms with van der Waals surface area (Å²) in [6, 6.07) is 7.35. The summed E-state index contributed by atoms with van der Waals surface area (Å²) in [6.07, 6.45) is 1.43. The van der Waals surface area contributed by atoms with Crippen molar-refractivity contribution in [3.63, 3.8) is 0 Å². The van der Waals surface area contributed by atoms with Crippen LogP contribution in [0.3, 0.4) is 0 Å². The van der Waals surface area contributed by atoms with Gasteiger partial charge in [-0.05, 0) is 30.3 Å². The number of urea groups is 1. The van der Waals surface area contributed by atoms with Gasteiger partial charge in [0.1, 0.15) is 17.2 Å². The second-order valence-electron chi connectivity index (χ2n) is 6.85. The second kappa shape index (κ2) is 8.74. The molecule has 3 rings (SSSR count). The zero-order chi connectivity index (χ0) is 22.7. The van der Waals surface area contributed by atoms with Crippen LogP contribution in [0.4, 0.5) is 10.5 Å². The number of furan rings is 1. The van der Waals surface area contributed by atoms with Crippen LogP contribution >= 0.6 is 0 Å². The van der Waals surface area contributed by atoms with E-state index in [9.17, 15) is 19.2 Å². The summed E-state index contributed by atoms with van der Waals surface area (Å²) in [5.41, 5.74) is 1.24. The predicted octanol–water partition coefficient (Wildman–Crippen LogP) is 2.15. The molecule has 1 saturated heterocycles. The number of anilines is 1. The van der Waals surface area contributed by atoms with E-state index in [0.717, 1.165) is 10.6 Å². The normalized spacial score (nSPS) is 14.6. The molecule has 0 radical (unpaired) electrons. The molecule has 31 heavy (non-hydrogen) atoms. The Morgan fingerprint density at radius 3 is 2.58 bits per heavy atom. The van der Waals surface area contributed by atoms with Crippen LogP contribution in [-0.4, -0.2) is 50.0 Å². The summed E-state index contributed by atoms with van der Waals surface area (Å²) in [7, 11) is 4.89. The molecule has 0 aliphatic carbocycles. The lowest BCUT2D eigenvalue weighted by molar-refractivity contribution is -0.131. The van der Waals surface area contributed by atoms with Gasteiger partial charge in [-0.1, -0.05) is 0 Å². The van der Waals surface area contributed by atoms with Crippen LogP contribution in [0.2, 0.25) is 0 Å². The third kappa shape index (κ3) is 4.74. The van der Waals surface area contributed by atoms with Crippen LogP contribution in [0.15, 0.2) is 40.4 Å². The highest BCUT2D eigenvalue weighted by molar-refractivity contribution is 6.14. The van der Waals surface area contributed by atoms with Gasteiger partial charge in [0.15, 0.2) is 0 Å². The largest absolute Gasteiger partial charge is 0.463 e. The first-order valence-electron chi connectivity index (χ1n) is 9.21. The smallest absolute Gasteiger partial charge is 0.373 e. The standard InChI is InChI=1S/C21H21N3O7/c1-12(25)30-18-10-14(23(2)3)6-5-13(18)9-16-19(26)24(21(28)22-16)11-15-7-8-17(31-15)20(27)29-4/h5-10H,11H2,1-4H3,(H,22,28)/b16-9-. The summed E-state index contributed by atoms with van der Waals surface area (Å²) in [5, 5.41) is 2.50. The molecule has 0 spiro atoms. The molecule has 1 aromatic carbocycles. The van der Waals surface area contributed by atoms with Crippen molar-refractivity contribution in [2.45, 2.75) is 13.5 Å². The molecular weight excluding hydrogens is 406 g/mol. The van der Waals surface area contributed by atoms with Gasteiger partial charge in [0.2, 0.25) is 5.76 Å². The molecule has 10 heteroatoms. The summed E-state index contributed by atoms with van der Waals surface area (Å²) >= 11 is 0.